The number of amides is 2. The number of anilines is 1. The maximum atomic E-state index is 13.2. The van der Waals surface area contributed by atoms with Crippen molar-refractivity contribution in [2.24, 2.45) is 5.41 Å². The van der Waals surface area contributed by atoms with Crippen LogP contribution in [0.3, 0.4) is 0 Å². The predicted molar refractivity (Wildman–Crippen MR) is 101 cm³/mol. The number of carbonyl (C=O) groups excluding carboxylic acids is 2. The average Bonchev–Trinajstić information content (AvgIpc) is 3.47. The van der Waals surface area contributed by atoms with E-state index in [1.807, 2.05) is 24.3 Å². The Balaban J connectivity index is 1.57. The van der Waals surface area contributed by atoms with Crippen LogP contribution in [0.1, 0.15) is 18.4 Å². The molecular weight excluding hydrogens is 371 g/mol. The molecule has 0 saturated heterocycles. The smallest absolute Gasteiger partial charge is 0.240 e. The van der Waals surface area contributed by atoms with Crippen molar-refractivity contribution in [1.29, 1.82) is 0 Å². The van der Waals surface area contributed by atoms with E-state index < -0.39 is 17.1 Å². The number of rotatable bonds is 7. The van der Waals surface area contributed by atoms with E-state index in [0.29, 0.717) is 31.5 Å². The quantitative estimate of drug-likeness (QED) is 0.710. The minimum Gasteiger partial charge on any atom is -0.496 e. The molecule has 1 saturated carbocycles. The predicted octanol–water partition coefficient (Wildman–Crippen LogP) is 3.57. The van der Waals surface area contributed by atoms with Crippen molar-refractivity contribution in [2.75, 3.05) is 19.0 Å². The van der Waals surface area contributed by atoms with E-state index in [-0.39, 0.29) is 10.9 Å². The Morgan fingerprint density at radius 3 is 2.59 bits per heavy atom. The van der Waals surface area contributed by atoms with Crippen LogP contribution in [0.2, 0.25) is 5.02 Å². The van der Waals surface area contributed by atoms with Crippen LogP contribution in [-0.2, 0) is 16.0 Å². The number of methoxy groups -OCH3 is 1. The van der Waals surface area contributed by atoms with Gasteiger partial charge >= 0.3 is 0 Å². The van der Waals surface area contributed by atoms with Crippen LogP contribution in [0.15, 0.2) is 42.5 Å². The SMILES string of the molecule is COc1ccccc1CCNC(=O)C1(C(=O)Nc2ccc(F)c(Cl)c2)CC1. The number of ether oxygens (including phenoxy) is 1. The van der Waals surface area contributed by atoms with Crippen molar-refractivity contribution >= 4 is 29.1 Å². The summed E-state index contributed by atoms with van der Waals surface area (Å²) in [6.07, 6.45) is 1.56. The van der Waals surface area contributed by atoms with Crippen LogP contribution in [0, 0.1) is 11.2 Å². The first-order valence-electron chi connectivity index (χ1n) is 8.63. The molecule has 2 N–H and O–H groups in total. The normalized spacial score (nSPS) is 14.3. The zero-order valence-electron chi connectivity index (χ0n) is 14.9. The lowest BCUT2D eigenvalue weighted by molar-refractivity contribution is -0.134. The van der Waals surface area contributed by atoms with Gasteiger partial charge in [0.2, 0.25) is 11.8 Å². The highest BCUT2D eigenvalue weighted by Gasteiger charge is 2.56. The summed E-state index contributed by atoms with van der Waals surface area (Å²) in [6.45, 7) is 0.399. The van der Waals surface area contributed by atoms with Crippen molar-refractivity contribution in [1.82, 2.24) is 5.32 Å². The summed E-state index contributed by atoms with van der Waals surface area (Å²) in [7, 11) is 1.60. The molecule has 2 aromatic rings. The zero-order valence-corrected chi connectivity index (χ0v) is 15.6. The fourth-order valence-electron chi connectivity index (χ4n) is 2.90. The summed E-state index contributed by atoms with van der Waals surface area (Å²) in [4.78, 5) is 25.1. The summed E-state index contributed by atoms with van der Waals surface area (Å²) in [5.41, 5.74) is 0.275. The van der Waals surface area contributed by atoms with Crippen LogP contribution in [0.25, 0.3) is 0 Å². The van der Waals surface area contributed by atoms with Gasteiger partial charge in [-0.2, -0.15) is 0 Å². The van der Waals surface area contributed by atoms with Crippen molar-refractivity contribution < 1.29 is 18.7 Å². The van der Waals surface area contributed by atoms with Crippen molar-refractivity contribution in [3.63, 3.8) is 0 Å². The molecule has 0 spiro atoms. The molecule has 1 aliphatic carbocycles. The van der Waals surface area contributed by atoms with E-state index in [1.54, 1.807) is 7.11 Å². The van der Waals surface area contributed by atoms with Gasteiger partial charge in [0.25, 0.3) is 0 Å². The highest BCUT2D eigenvalue weighted by molar-refractivity contribution is 6.31. The molecular formula is C20H20ClFN2O3. The summed E-state index contributed by atoms with van der Waals surface area (Å²) in [5, 5.41) is 5.40. The van der Waals surface area contributed by atoms with E-state index in [4.69, 9.17) is 16.3 Å². The Kier molecular flexibility index (Phi) is 5.65. The van der Waals surface area contributed by atoms with E-state index in [2.05, 4.69) is 10.6 Å². The summed E-state index contributed by atoms with van der Waals surface area (Å²) in [6, 6.07) is 11.5. The third kappa shape index (κ3) is 4.22. The maximum absolute atomic E-state index is 13.2. The number of para-hydroxylation sites is 1. The molecule has 0 radical (unpaired) electrons. The molecule has 1 fully saturated rings. The second-order valence-corrected chi connectivity index (χ2v) is 6.89. The second-order valence-electron chi connectivity index (χ2n) is 6.48. The van der Waals surface area contributed by atoms with E-state index >= 15 is 0 Å². The van der Waals surface area contributed by atoms with E-state index in [9.17, 15) is 14.0 Å². The fourth-order valence-corrected chi connectivity index (χ4v) is 3.08. The molecule has 0 aliphatic heterocycles. The number of halogens is 2. The van der Waals surface area contributed by atoms with Gasteiger partial charge < -0.3 is 15.4 Å². The van der Waals surface area contributed by atoms with Gasteiger partial charge in [0.1, 0.15) is 17.0 Å². The van der Waals surface area contributed by atoms with Gasteiger partial charge in [0.05, 0.1) is 12.1 Å². The molecule has 0 bridgehead atoms. The molecule has 2 aromatic carbocycles. The number of nitrogens with one attached hydrogen (secondary N) is 2. The molecule has 0 aromatic heterocycles. The summed E-state index contributed by atoms with van der Waals surface area (Å²) in [5.74, 6) is -0.508. The number of hydrogen-bond acceptors (Lipinski definition) is 3. The second kappa shape index (κ2) is 7.96. The lowest BCUT2D eigenvalue weighted by Gasteiger charge is -2.16. The molecule has 2 amide bonds. The topological polar surface area (TPSA) is 67.4 Å². The first-order valence-corrected chi connectivity index (χ1v) is 9.01. The first-order chi connectivity index (χ1) is 13.0. The lowest BCUT2D eigenvalue weighted by atomic mass is 10.0. The molecule has 0 atom stereocenters. The standard InChI is InChI=1S/C20H20ClFN2O3/c1-27-17-5-3-2-4-13(17)8-11-23-18(25)20(9-10-20)19(26)24-14-6-7-16(22)15(21)12-14/h2-7,12H,8-11H2,1H3,(H,23,25)(H,24,26). The fraction of sp³-hybridized carbons (Fsp3) is 0.300. The summed E-state index contributed by atoms with van der Waals surface area (Å²) >= 11 is 5.73. The third-order valence-corrected chi connectivity index (χ3v) is 4.96. The van der Waals surface area contributed by atoms with E-state index in [1.165, 1.54) is 18.2 Å². The molecule has 0 heterocycles. The van der Waals surface area contributed by atoms with Crippen molar-refractivity contribution in [3.8, 4) is 5.75 Å². The van der Waals surface area contributed by atoms with Crippen LogP contribution < -0.4 is 15.4 Å². The Hall–Kier alpha value is -2.60. The molecule has 1 aliphatic rings. The van der Waals surface area contributed by atoms with Gasteiger partial charge in [-0.25, -0.2) is 4.39 Å². The van der Waals surface area contributed by atoms with Gasteiger partial charge in [-0.05, 0) is 49.1 Å². The maximum Gasteiger partial charge on any atom is 0.240 e. The molecule has 3 rings (SSSR count). The Morgan fingerprint density at radius 1 is 1.19 bits per heavy atom. The number of benzene rings is 2. The zero-order chi connectivity index (χ0) is 19.4. The van der Waals surface area contributed by atoms with E-state index in [0.717, 1.165) is 11.3 Å². The Bertz CT molecular complexity index is 868. The minimum atomic E-state index is -1.07. The highest BCUT2D eigenvalue weighted by atomic mass is 35.5. The number of carbonyl (C=O) groups is 2. The van der Waals surface area contributed by atoms with Gasteiger partial charge in [-0.3, -0.25) is 9.59 Å². The molecule has 7 heteroatoms. The Morgan fingerprint density at radius 2 is 1.93 bits per heavy atom. The van der Waals surface area contributed by atoms with Crippen LogP contribution in [0.4, 0.5) is 10.1 Å². The molecule has 0 unspecified atom stereocenters. The third-order valence-electron chi connectivity index (χ3n) is 4.67. The molecule has 5 nitrogen and oxygen atoms in total. The lowest BCUT2D eigenvalue weighted by Crippen LogP contribution is -2.40. The summed E-state index contributed by atoms with van der Waals surface area (Å²) < 4.78 is 18.5. The van der Waals surface area contributed by atoms with Gasteiger partial charge in [-0.1, -0.05) is 29.8 Å². The van der Waals surface area contributed by atoms with Crippen molar-refractivity contribution in [2.45, 2.75) is 19.3 Å². The molecule has 142 valence electrons. The van der Waals surface area contributed by atoms with Crippen molar-refractivity contribution in [3.05, 3.63) is 58.9 Å². The molecule has 27 heavy (non-hydrogen) atoms. The largest absolute Gasteiger partial charge is 0.496 e. The van der Waals surface area contributed by atoms with Gasteiger partial charge in [-0.15, -0.1) is 0 Å². The average molecular weight is 391 g/mol. The Labute approximate surface area is 161 Å². The van der Waals surface area contributed by atoms with Crippen LogP contribution in [-0.4, -0.2) is 25.5 Å². The monoisotopic (exact) mass is 390 g/mol. The number of hydrogen-bond donors (Lipinski definition) is 2. The van der Waals surface area contributed by atoms with Gasteiger partial charge in [0.15, 0.2) is 0 Å². The minimum absolute atomic E-state index is 0.0843. The van der Waals surface area contributed by atoms with Crippen LogP contribution >= 0.6 is 11.6 Å². The first kappa shape index (κ1) is 19.2. The van der Waals surface area contributed by atoms with Gasteiger partial charge in [0, 0.05) is 12.2 Å². The van der Waals surface area contributed by atoms with Crippen LogP contribution in [0.5, 0.6) is 5.75 Å². The highest BCUT2D eigenvalue weighted by Crippen LogP contribution is 2.47.